The molecular weight excluding hydrogens is 264 g/mol. The van der Waals surface area contributed by atoms with Crippen LogP contribution in [0.3, 0.4) is 0 Å². The Bertz CT molecular complexity index is 359. The molecule has 5 nitrogen and oxygen atoms in total. The van der Waals surface area contributed by atoms with Crippen LogP contribution in [0.4, 0.5) is 0 Å². The summed E-state index contributed by atoms with van der Waals surface area (Å²) in [6, 6.07) is 0.481. The summed E-state index contributed by atoms with van der Waals surface area (Å²) in [6.07, 6.45) is 6.85. The molecule has 0 spiro atoms. The van der Waals surface area contributed by atoms with Crippen molar-refractivity contribution in [2.45, 2.75) is 45.1 Å². The van der Waals surface area contributed by atoms with Gasteiger partial charge in [0, 0.05) is 37.6 Å². The first-order chi connectivity index (χ1) is 10.3. The van der Waals surface area contributed by atoms with E-state index >= 15 is 0 Å². The molecule has 0 amide bonds. The van der Waals surface area contributed by atoms with Gasteiger partial charge < -0.3 is 15.4 Å². The van der Waals surface area contributed by atoms with Crippen molar-refractivity contribution in [1.82, 2.24) is 15.5 Å². The highest BCUT2D eigenvalue weighted by Crippen LogP contribution is 2.36. The molecule has 5 heteroatoms. The third-order valence-corrected chi connectivity index (χ3v) is 5.11. The molecule has 2 fully saturated rings. The van der Waals surface area contributed by atoms with Crippen LogP contribution in [0.25, 0.3) is 0 Å². The van der Waals surface area contributed by atoms with Gasteiger partial charge in [0.1, 0.15) is 0 Å². The minimum absolute atomic E-state index is 0.422. The molecule has 2 N–H and O–H groups in total. The Labute approximate surface area is 128 Å². The van der Waals surface area contributed by atoms with Crippen LogP contribution in [-0.4, -0.2) is 62.8 Å². The van der Waals surface area contributed by atoms with Crippen LogP contribution in [0.5, 0.6) is 0 Å². The van der Waals surface area contributed by atoms with Gasteiger partial charge in [0.05, 0.1) is 19.8 Å². The molecule has 21 heavy (non-hydrogen) atoms. The monoisotopic (exact) mass is 294 g/mol. The first kappa shape index (κ1) is 15.1. The Balaban J connectivity index is 1.56. The van der Waals surface area contributed by atoms with Crippen molar-refractivity contribution in [3.63, 3.8) is 0 Å². The fraction of sp³-hybridized carbons (Fsp3) is 0.938. The zero-order valence-electron chi connectivity index (χ0n) is 13.4. The Hall–Kier alpha value is -0.810. The molecule has 1 saturated heterocycles. The van der Waals surface area contributed by atoms with Gasteiger partial charge in [0.15, 0.2) is 5.96 Å². The van der Waals surface area contributed by atoms with E-state index in [1.807, 2.05) is 0 Å². The third-order valence-electron chi connectivity index (χ3n) is 5.11. The summed E-state index contributed by atoms with van der Waals surface area (Å²) in [4.78, 5) is 7.14. The highest BCUT2D eigenvalue weighted by atomic mass is 16.5. The zero-order valence-corrected chi connectivity index (χ0v) is 13.4. The SMILES string of the molecule is CC1CN=C(NCC2(CN3CCOCC3)CCCCC2)N1. The molecule has 1 saturated carbocycles. The summed E-state index contributed by atoms with van der Waals surface area (Å²) in [5.74, 6) is 1.01. The van der Waals surface area contributed by atoms with Gasteiger partial charge in [0.25, 0.3) is 0 Å². The lowest BCUT2D eigenvalue weighted by Crippen LogP contribution is -2.51. The molecule has 0 aromatic carbocycles. The molecule has 120 valence electrons. The molecule has 0 radical (unpaired) electrons. The second-order valence-electron chi connectivity index (χ2n) is 7.04. The van der Waals surface area contributed by atoms with Gasteiger partial charge in [0.2, 0.25) is 0 Å². The Morgan fingerprint density at radius 2 is 2.05 bits per heavy atom. The Morgan fingerprint density at radius 3 is 2.71 bits per heavy atom. The maximum absolute atomic E-state index is 5.49. The van der Waals surface area contributed by atoms with Crippen molar-refractivity contribution in [3.05, 3.63) is 0 Å². The molecule has 0 aromatic heterocycles. The molecule has 1 unspecified atom stereocenters. The van der Waals surface area contributed by atoms with Crippen molar-refractivity contribution in [1.29, 1.82) is 0 Å². The minimum atomic E-state index is 0.422. The lowest BCUT2D eigenvalue weighted by Gasteiger charge is -2.42. The van der Waals surface area contributed by atoms with Crippen LogP contribution in [0.1, 0.15) is 39.0 Å². The van der Waals surface area contributed by atoms with Gasteiger partial charge in [-0.3, -0.25) is 9.89 Å². The van der Waals surface area contributed by atoms with Crippen molar-refractivity contribution in [3.8, 4) is 0 Å². The van der Waals surface area contributed by atoms with Crippen LogP contribution in [0.15, 0.2) is 4.99 Å². The first-order valence-corrected chi connectivity index (χ1v) is 8.61. The van der Waals surface area contributed by atoms with Crippen molar-refractivity contribution in [2.24, 2.45) is 10.4 Å². The summed E-state index contributed by atoms with van der Waals surface area (Å²) in [6.45, 7) is 9.34. The van der Waals surface area contributed by atoms with E-state index in [9.17, 15) is 0 Å². The van der Waals surface area contributed by atoms with E-state index in [4.69, 9.17) is 4.74 Å². The van der Waals surface area contributed by atoms with E-state index in [1.54, 1.807) is 0 Å². The molecule has 1 aliphatic carbocycles. The van der Waals surface area contributed by atoms with E-state index < -0.39 is 0 Å². The highest BCUT2D eigenvalue weighted by Gasteiger charge is 2.34. The number of hydrogen-bond donors (Lipinski definition) is 2. The number of rotatable bonds is 4. The van der Waals surface area contributed by atoms with Gasteiger partial charge in [-0.2, -0.15) is 0 Å². The Morgan fingerprint density at radius 1 is 1.29 bits per heavy atom. The topological polar surface area (TPSA) is 48.9 Å². The number of guanidine groups is 1. The fourth-order valence-corrected chi connectivity index (χ4v) is 3.86. The third kappa shape index (κ3) is 4.10. The lowest BCUT2D eigenvalue weighted by molar-refractivity contribution is 0.00821. The number of hydrogen-bond acceptors (Lipinski definition) is 5. The summed E-state index contributed by atoms with van der Waals surface area (Å²) in [5, 5.41) is 7.01. The number of morpholine rings is 1. The quantitative estimate of drug-likeness (QED) is 0.818. The summed E-state index contributed by atoms with van der Waals surface area (Å²) < 4.78 is 5.49. The second kappa shape index (κ2) is 6.97. The summed E-state index contributed by atoms with van der Waals surface area (Å²) in [7, 11) is 0. The smallest absolute Gasteiger partial charge is 0.191 e. The van der Waals surface area contributed by atoms with Gasteiger partial charge in [-0.15, -0.1) is 0 Å². The minimum Gasteiger partial charge on any atom is -0.379 e. The maximum atomic E-state index is 5.49. The molecule has 2 aliphatic heterocycles. The van der Waals surface area contributed by atoms with E-state index in [-0.39, 0.29) is 0 Å². The van der Waals surface area contributed by atoms with Crippen molar-refractivity contribution >= 4 is 5.96 Å². The molecule has 0 bridgehead atoms. The number of nitrogens with zero attached hydrogens (tertiary/aromatic N) is 2. The number of nitrogens with one attached hydrogen (secondary N) is 2. The van der Waals surface area contributed by atoms with Crippen molar-refractivity contribution < 1.29 is 4.74 Å². The van der Waals surface area contributed by atoms with Gasteiger partial charge in [-0.25, -0.2) is 0 Å². The molecule has 1 atom stereocenters. The molecule has 3 aliphatic rings. The van der Waals surface area contributed by atoms with Crippen molar-refractivity contribution in [2.75, 3.05) is 45.9 Å². The largest absolute Gasteiger partial charge is 0.379 e. The van der Waals surface area contributed by atoms with Crippen LogP contribution >= 0.6 is 0 Å². The standard InChI is InChI=1S/C16H30N4O/c1-14-11-17-15(19-14)18-12-16(5-3-2-4-6-16)13-20-7-9-21-10-8-20/h14H,2-13H2,1H3,(H2,17,18,19). The Kier molecular flexibility index (Phi) is 5.01. The van der Waals surface area contributed by atoms with Gasteiger partial charge in [-0.05, 0) is 19.8 Å². The van der Waals surface area contributed by atoms with Crippen LogP contribution in [0.2, 0.25) is 0 Å². The molecule has 2 heterocycles. The van der Waals surface area contributed by atoms with E-state index in [0.717, 1.165) is 45.4 Å². The highest BCUT2D eigenvalue weighted by molar-refractivity contribution is 5.81. The number of ether oxygens (including phenoxy) is 1. The fourth-order valence-electron chi connectivity index (χ4n) is 3.86. The molecular formula is C16H30N4O. The summed E-state index contributed by atoms with van der Waals surface area (Å²) >= 11 is 0. The lowest BCUT2D eigenvalue weighted by atomic mass is 9.73. The first-order valence-electron chi connectivity index (χ1n) is 8.61. The zero-order chi connectivity index (χ0) is 14.5. The van der Waals surface area contributed by atoms with Gasteiger partial charge in [-0.1, -0.05) is 19.3 Å². The number of aliphatic imine (C=N–C) groups is 1. The predicted molar refractivity (Wildman–Crippen MR) is 85.7 cm³/mol. The van der Waals surface area contributed by atoms with E-state index in [2.05, 4.69) is 27.4 Å². The van der Waals surface area contributed by atoms with Crippen LogP contribution in [0, 0.1) is 5.41 Å². The maximum Gasteiger partial charge on any atom is 0.191 e. The average molecular weight is 294 g/mol. The molecule has 3 rings (SSSR count). The normalized spacial score (nSPS) is 29.8. The van der Waals surface area contributed by atoms with Crippen LogP contribution in [-0.2, 0) is 4.74 Å². The van der Waals surface area contributed by atoms with Crippen LogP contribution < -0.4 is 10.6 Å². The molecule has 0 aromatic rings. The summed E-state index contributed by atoms with van der Waals surface area (Å²) in [5.41, 5.74) is 0.422. The van der Waals surface area contributed by atoms with E-state index in [0.29, 0.717) is 11.5 Å². The van der Waals surface area contributed by atoms with Gasteiger partial charge >= 0.3 is 0 Å². The predicted octanol–water partition coefficient (Wildman–Crippen LogP) is 1.21. The van der Waals surface area contributed by atoms with E-state index in [1.165, 1.54) is 38.6 Å². The second-order valence-corrected chi connectivity index (χ2v) is 7.04. The average Bonchev–Trinajstić information content (AvgIpc) is 2.93.